The van der Waals surface area contributed by atoms with Crippen molar-refractivity contribution in [2.75, 3.05) is 19.7 Å². The third-order valence-electron chi connectivity index (χ3n) is 4.44. The SMILES string of the molecule is O=C(NCc1ccccc1F)C1CC(=O)N(CC2CCCO2)C1. The van der Waals surface area contributed by atoms with Crippen molar-refractivity contribution in [1.29, 1.82) is 0 Å². The lowest BCUT2D eigenvalue weighted by Crippen LogP contribution is -2.36. The Hall–Kier alpha value is -1.95. The number of halogens is 1. The summed E-state index contributed by atoms with van der Waals surface area (Å²) in [6, 6.07) is 6.34. The molecule has 2 heterocycles. The number of carbonyl (C=O) groups excluding carboxylic acids is 2. The van der Waals surface area contributed by atoms with E-state index in [4.69, 9.17) is 4.74 Å². The van der Waals surface area contributed by atoms with Gasteiger partial charge in [0.2, 0.25) is 11.8 Å². The Morgan fingerprint density at radius 1 is 1.39 bits per heavy atom. The van der Waals surface area contributed by atoms with Crippen LogP contribution < -0.4 is 5.32 Å². The minimum Gasteiger partial charge on any atom is -0.376 e. The molecule has 0 aromatic heterocycles. The van der Waals surface area contributed by atoms with Crippen molar-refractivity contribution in [3.8, 4) is 0 Å². The van der Waals surface area contributed by atoms with Crippen LogP contribution >= 0.6 is 0 Å². The lowest BCUT2D eigenvalue weighted by atomic mass is 10.1. The van der Waals surface area contributed by atoms with Crippen LogP contribution in [0.3, 0.4) is 0 Å². The summed E-state index contributed by atoms with van der Waals surface area (Å²) >= 11 is 0. The first kappa shape index (κ1) is 15.9. The second-order valence-corrected chi connectivity index (χ2v) is 6.14. The van der Waals surface area contributed by atoms with E-state index in [-0.39, 0.29) is 42.6 Å². The van der Waals surface area contributed by atoms with E-state index in [1.807, 2.05) is 0 Å². The number of benzene rings is 1. The van der Waals surface area contributed by atoms with Crippen molar-refractivity contribution in [1.82, 2.24) is 10.2 Å². The largest absolute Gasteiger partial charge is 0.376 e. The van der Waals surface area contributed by atoms with Crippen molar-refractivity contribution in [2.45, 2.75) is 31.9 Å². The smallest absolute Gasteiger partial charge is 0.225 e. The second kappa shape index (κ2) is 7.08. The van der Waals surface area contributed by atoms with Crippen LogP contribution in [-0.2, 0) is 20.9 Å². The number of rotatable bonds is 5. The second-order valence-electron chi connectivity index (χ2n) is 6.14. The Morgan fingerprint density at radius 3 is 2.96 bits per heavy atom. The monoisotopic (exact) mass is 320 g/mol. The summed E-state index contributed by atoms with van der Waals surface area (Å²) in [5.74, 6) is -0.908. The summed E-state index contributed by atoms with van der Waals surface area (Å²) in [5.41, 5.74) is 0.446. The third kappa shape index (κ3) is 3.88. The summed E-state index contributed by atoms with van der Waals surface area (Å²) in [4.78, 5) is 26.0. The van der Waals surface area contributed by atoms with E-state index >= 15 is 0 Å². The molecule has 0 bridgehead atoms. The number of ether oxygens (including phenoxy) is 1. The lowest BCUT2D eigenvalue weighted by molar-refractivity contribution is -0.129. The maximum Gasteiger partial charge on any atom is 0.225 e. The average Bonchev–Trinajstić information content (AvgIpc) is 3.17. The topological polar surface area (TPSA) is 58.6 Å². The van der Waals surface area contributed by atoms with Gasteiger partial charge in [0.15, 0.2) is 0 Å². The first-order valence-corrected chi connectivity index (χ1v) is 8.04. The Labute approximate surface area is 134 Å². The molecule has 0 spiro atoms. The summed E-state index contributed by atoms with van der Waals surface area (Å²) in [5, 5.41) is 2.73. The normalized spacial score (nSPS) is 24.2. The zero-order valence-corrected chi connectivity index (χ0v) is 13.0. The third-order valence-corrected chi connectivity index (χ3v) is 4.44. The molecule has 2 aliphatic heterocycles. The van der Waals surface area contributed by atoms with Crippen LogP contribution in [0.4, 0.5) is 4.39 Å². The molecule has 0 aliphatic carbocycles. The summed E-state index contributed by atoms with van der Waals surface area (Å²) in [6.07, 6.45) is 2.31. The van der Waals surface area contributed by atoms with Gasteiger partial charge in [-0.2, -0.15) is 0 Å². The molecule has 2 unspecified atom stereocenters. The van der Waals surface area contributed by atoms with Crippen LogP contribution in [-0.4, -0.2) is 42.5 Å². The lowest BCUT2D eigenvalue weighted by Gasteiger charge is -2.20. The highest BCUT2D eigenvalue weighted by molar-refractivity contribution is 5.89. The van der Waals surface area contributed by atoms with Crippen molar-refractivity contribution in [3.63, 3.8) is 0 Å². The highest BCUT2D eigenvalue weighted by Gasteiger charge is 2.35. The molecular weight excluding hydrogens is 299 g/mol. The molecule has 6 heteroatoms. The molecular formula is C17H21FN2O3. The number of carbonyl (C=O) groups is 2. The number of hydrogen-bond acceptors (Lipinski definition) is 3. The van der Waals surface area contributed by atoms with Crippen molar-refractivity contribution >= 4 is 11.8 Å². The Balaban J connectivity index is 1.50. The van der Waals surface area contributed by atoms with Gasteiger partial charge in [-0.25, -0.2) is 4.39 Å². The molecule has 2 aliphatic rings. The Bertz CT molecular complexity index is 587. The molecule has 124 valence electrons. The van der Waals surface area contributed by atoms with E-state index in [1.54, 1.807) is 23.1 Å². The van der Waals surface area contributed by atoms with Gasteiger partial charge < -0.3 is 15.0 Å². The van der Waals surface area contributed by atoms with Crippen molar-refractivity contribution < 1.29 is 18.7 Å². The van der Waals surface area contributed by atoms with Crippen molar-refractivity contribution in [2.24, 2.45) is 5.92 Å². The van der Waals surface area contributed by atoms with Crippen LogP contribution in [0.5, 0.6) is 0 Å². The van der Waals surface area contributed by atoms with Crippen LogP contribution in [0.25, 0.3) is 0 Å². The number of nitrogens with one attached hydrogen (secondary N) is 1. The minimum absolute atomic E-state index is 0.00783. The molecule has 0 radical (unpaired) electrons. The van der Waals surface area contributed by atoms with Gasteiger partial charge >= 0.3 is 0 Å². The number of hydrogen-bond donors (Lipinski definition) is 1. The Morgan fingerprint density at radius 2 is 2.22 bits per heavy atom. The van der Waals surface area contributed by atoms with E-state index < -0.39 is 0 Å². The minimum atomic E-state index is -0.365. The molecule has 1 aromatic carbocycles. The van der Waals surface area contributed by atoms with Crippen LogP contribution in [0, 0.1) is 11.7 Å². The van der Waals surface area contributed by atoms with Gasteiger partial charge in [0.05, 0.1) is 12.0 Å². The number of amides is 2. The van der Waals surface area contributed by atoms with E-state index in [0.29, 0.717) is 18.7 Å². The first-order chi connectivity index (χ1) is 11.1. The number of nitrogens with zero attached hydrogens (tertiary/aromatic N) is 1. The Kier molecular flexibility index (Phi) is 4.91. The van der Waals surface area contributed by atoms with Gasteiger partial charge in [-0.3, -0.25) is 9.59 Å². The maximum absolute atomic E-state index is 13.5. The van der Waals surface area contributed by atoms with Crippen LogP contribution in [0.2, 0.25) is 0 Å². The van der Waals surface area contributed by atoms with Gasteiger partial charge in [-0.15, -0.1) is 0 Å². The molecule has 1 aromatic rings. The maximum atomic E-state index is 13.5. The molecule has 2 atom stereocenters. The molecule has 2 amide bonds. The standard InChI is InChI=1S/C17H21FN2O3/c18-15-6-2-1-4-12(15)9-19-17(22)13-8-16(21)20(10-13)11-14-5-3-7-23-14/h1-2,4,6,13-14H,3,5,7-11H2,(H,19,22). The molecule has 2 fully saturated rings. The zero-order valence-electron chi connectivity index (χ0n) is 13.0. The molecule has 0 saturated carbocycles. The highest BCUT2D eigenvalue weighted by Crippen LogP contribution is 2.21. The molecule has 3 rings (SSSR count). The fraction of sp³-hybridized carbons (Fsp3) is 0.529. The molecule has 2 saturated heterocycles. The fourth-order valence-electron chi connectivity index (χ4n) is 3.13. The quantitative estimate of drug-likeness (QED) is 0.894. The van der Waals surface area contributed by atoms with Gasteiger partial charge in [-0.1, -0.05) is 18.2 Å². The van der Waals surface area contributed by atoms with E-state index in [9.17, 15) is 14.0 Å². The van der Waals surface area contributed by atoms with Gasteiger partial charge in [-0.05, 0) is 18.9 Å². The highest BCUT2D eigenvalue weighted by atomic mass is 19.1. The van der Waals surface area contributed by atoms with E-state index in [0.717, 1.165) is 19.4 Å². The average molecular weight is 320 g/mol. The zero-order chi connectivity index (χ0) is 16.2. The van der Waals surface area contributed by atoms with Crippen LogP contribution in [0.1, 0.15) is 24.8 Å². The molecule has 5 nitrogen and oxygen atoms in total. The van der Waals surface area contributed by atoms with Gasteiger partial charge in [0.1, 0.15) is 5.82 Å². The molecule has 1 N–H and O–H groups in total. The van der Waals surface area contributed by atoms with Gasteiger partial charge in [0.25, 0.3) is 0 Å². The fourth-order valence-corrected chi connectivity index (χ4v) is 3.13. The predicted molar refractivity (Wildman–Crippen MR) is 81.9 cm³/mol. The number of likely N-dealkylation sites (tertiary alicyclic amines) is 1. The predicted octanol–water partition coefficient (Wildman–Crippen LogP) is 1.47. The summed E-state index contributed by atoms with van der Waals surface area (Å²) < 4.78 is 19.1. The summed E-state index contributed by atoms with van der Waals surface area (Å²) in [7, 11) is 0. The van der Waals surface area contributed by atoms with Crippen LogP contribution in [0.15, 0.2) is 24.3 Å². The van der Waals surface area contributed by atoms with E-state index in [1.165, 1.54) is 6.07 Å². The summed E-state index contributed by atoms with van der Waals surface area (Å²) in [6.45, 7) is 1.87. The van der Waals surface area contributed by atoms with E-state index in [2.05, 4.69) is 5.32 Å². The molecule has 23 heavy (non-hydrogen) atoms. The van der Waals surface area contributed by atoms with Gasteiger partial charge in [0, 0.05) is 38.2 Å². The van der Waals surface area contributed by atoms with Crippen molar-refractivity contribution in [3.05, 3.63) is 35.6 Å². The first-order valence-electron chi connectivity index (χ1n) is 8.04.